The maximum absolute atomic E-state index is 11.9. The molecule has 0 heterocycles. The first kappa shape index (κ1) is 17.0. The van der Waals surface area contributed by atoms with Gasteiger partial charge in [0.1, 0.15) is 17.9 Å². The van der Waals surface area contributed by atoms with Crippen LogP contribution in [0.5, 0.6) is 5.75 Å². The quantitative estimate of drug-likeness (QED) is 0.868. The van der Waals surface area contributed by atoms with Crippen molar-refractivity contribution in [1.29, 1.82) is 0 Å². The molecule has 1 aromatic rings. The Bertz CT molecular complexity index is 602. The van der Waals surface area contributed by atoms with Crippen LogP contribution >= 0.6 is 15.9 Å². The highest BCUT2D eigenvalue weighted by molar-refractivity contribution is 9.10. The van der Waals surface area contributed by atoms with Gasteiger partial charge in [-0.2, -0.15) is 0 Å². The van der Waals surface area contributed by atoms with Crippen molar-refractivity contribution in [3.8, 4) is 5.75 Å². The molecule has 1 aromatic carbocycles. The SMILES string of the molecule is CC(C)(C)S(=O)(=O)CCOc1ccc(Br)cc1C(=O)O. The van der Waals surface area contributed by atoms with E-state index in [1.165, 1.54) is 12.1 Å². The van der Waals surface area contributed by atoms with Gasteiger partial charge in [-0.3, -0.25) is 0 Å². The summed E-state index contributed by atoms with van der Waals surface area (Å²) >= 11 is 3.18. The fourth-order valence-corrected chi connectivity index (χ4v) is 2.64. The number of benzene rings is 1. The smallest absolute Gasteiger partial charge is 0.339 e. The largest absolute Gasteiger partial charge is 0.492 e. The molecule has 0 aliphatic carbocycles. The summed E-state index contributed by atoms with van der Waals surface area (Å²) in [7, 11) is -3.29. The minimum absolute atomic E-state index is 0.00692. The van der Waals surface area contributed by atoms with Crippen LogP contribution in [0.4, 0.5) is 0 Å². The molecule has 0 aliphatic heterocycles. The third-order valence-corrected chi connectivity index (χ3v) is 5.78. The Morgan fingerprint density at radius 1 is 1.35 bits per heavy atom. The van der Waals surface area contributed by atoms with E-state index in [1.807, 2.05) is 0 Å². The Morgan fingerprint density at radius 3 is 2.45 bits per heavy atom. The summed E-state index contributed by atoms with van der Waals surface area (Å²) in [5.41, 5.74) is -0.00692. The molecule has 0 spiro atoms. The highest BCUT2D eigenvalue weighted by atomic mass is 79.9. The number of ether oxygens (including phenoxy) is 1. The Hall–Kier alpha value is -1.08. The van der Waals surface area contributed by atoms with Gasteiger partial charge in [0, 0.05) is 4.47 Å². The first-order valence-electron chi connectivity index (χ1n) is 5.92. The molecule has 1 N–H and O–H groups in total. The third-order valence-electron chi connectivity index (χ3n) is 2.71. The maximum Gasteiger partial charge on any atom is 0.339 e. The van der Waals surface area contributed by atoms with Crippen molar-refractivity contribution in [1.82, 2.24) is 0 Å². The van der Waals surface area contributed by atoms with Crippen LogP contribution in [0.1, 0.15) is 31.1 Å². The van der Waals surface area contributed by atoms with E-state index in [-0.39, 0.29) is 23.7 Å². The van der Waals surface area contributed by atoms with Crippen LogP contribution in [0.25, 0.3) is 0 Å². The Kier molecular flexibility index (Phi) is 5.21. The molecule has 0 saturated carbocycles. The van der Waals surface area contributed by atoms with E-state index in [0.717, 1.165) is 0 Å². The molecule has 112 valence electrons. The van der Waals surface area contributed by atoms with Crippen molar-refractivity contribution in [3.05, 3.63) is 28.2 Å². The second-order valence-electron chi connectivity index (χ2n) is 5.23. The summed E-state index contributed by atoms with van der Waals surface area (Å²) in [6, 6.07) is 4.55. The van der Waals surface area contributed by atoms with E-state index < -0.39 is 20.6 Å². The lowest BCUT2D eigenvalue weighted by Crippen LogP contribution is -2.32. The summed E-state index contributed by atoms with van der Waals surface area (Å²) in [6.45, 7) is 4.77. The number of sulfone groups is 1. The average Bonchev–Trinajstić information content (AvgIpc) is 2.29. The lowest BCUT2D eigenvalue weighted by molar-refractivity contribution is 0.0692. The maximum atomic E-state index is 11.9. The predicted molar refractivity (Wildman–Crippen MR) is 80.1 cm³/mol. The van der Waals surface area contributed by atoms with Crippen molar-refractivity contribution < 1.29 is 23.1 Å². The predicted octanol–water partition coefficient (Wildman–Crippen LogP) is 2.74. The molecule has 1 rings (SSSR count). The number of halogens is 1. The van der Waals surface area contributed by atoms with E-state index in [4.69, 9.17) is 9.84 Å². The Balaban J connectivity index is 2.80. The zero-order valence-corrected chi connectivity index (χ0v) is 13.9. The molecule has 0 fully saturated rings. The number of rotatable bonds is 5. The van der Waals surface area contributed by atoms with Crippen LogP contribution in [-0.4, -0.2) is 36.6 Å². The summed E-state index contributed by atoms with van der Waals surface area (Å²) in [5.74, 6) is -1.13. The summed E-state index contributed by atoms with van der Waals surface area (Å²) in [5, 5.41) is 9.06. The van der Waals surface area contributed by atoms with E-state index in [1.54, 1.807) is 26.8 Å². The number of aromatic carboxylic acids is 1. The summed E-state index contributed by atoms with van der Waals surface area (Å²) < 4.78 is 28.9. The fraction of sp³-hybridized carbons (Fsp3) is 0.462. The molecular weight excluding hydrogens is 348 g/mol. The number of carboxylic acids is 1. The van der Waals surface area contributed by atoms with Gasteiger partial charge in [0.15, 0.2) is 9.84 Å². The molecule has 0 bridgehead atoms. The molecule has 7 heteroatoms. The lowest BCUT2D eigenvalue weighted by Gasteiger charge is -2.19. The van der Waals surface area contributed by atoms with Crippen LogP contribution in [0, 0.1) is 0 Å². The van der Waals surface area contributed by atoms with Crippen LogP contribution < -0.4 is 4.74 Å². The molecule has 0 saturated heterocycles. The van der Waals surface area contributed by atoms with E-state index in [2.05, 4.69) is 15.9 Å². The van der Waals surface area contributed by atoms with Crippen molar-refractivity contribution in [2.24, 2.45) is 0 Å². The van der Waals surface area contributed by atoms with Gasteiger partial charge in [-0.05, 0) is 39.0 Å². The second kappa shape index (κ2) is 6.13. The molecule has 0 atom stereocenters. The molecule has 20 heavy (non-hydrogen) atoms. The van der Waals surface area contributed by atoms with Gasteiger partial charge in [0.05, 0.1) is 10.5 Å². The van der Waals surface area contributed by atoms with Gasteiger partial charge in [-0.1, -0.05) is 15.9 Å². The van der Waals surface area contributed by atoms with Crippen molar-refractivity contribution in [3.63, 3.8) is 0 Å². The number of hydrogen-bond donors (Lipinski definition) is 1. The van der Waals surface area contributed by atoms with Gasteiger partial charge < -0.3 is 9.84 Å². The molecule has 0 aromatic heterocycles. The van der Waals surface area contributed by atoms with Gasteiger partial charge in [-0.15, -0.1) is 0 Å². The van der Waals surface area contributed by atoms with Crippen molar-refractivity contribution in [2.45, 2.75) is 25.5 Å². The zero-order valence-electron chi connectivity index (χ0n) is 11.5. The average molecular weight is 365 g/mol. The summed E-state index contributed by atoms with van der Waals surface area (Å²) in [6.07, 6.45) is 0. The lowest BCUT2D eigenvalue weighted by atomic mass is 10.2. The first-order valence-corrected chi connectivity index (χ1v) is 8.37. The Labute approximate surface area is 127 Å². The standard InChI is InChI=1S/C13H17BrO5S/c1-13(2,3)20(17,18)7-6-19-11-5-4-9(14)8-10(11)12(15)16/h4-5,8H,6-7H2,1-3H3,(H,15,16). The minimum Gasteiger partial charge on any atom is -0.492 e. The molecule has 5 nitrogen and oxygen atoms in total. The number of carboxylic acid groups (broad SMARTS) is 1. The molecular formula is C13H17BrO5S. The molecule has 0 amide bonds. The highest BCUT2D eigenvalue weighted by Crippen LogP contribution is 2.24. The normalized spacial score (nSPS) is 12.2. The van der Waals surface area contributed by atoms with Gasteiger partial charge in [-0.25, -0.2) is 13.2 Å². The second-order valence-corrected chi connectivity index (χ2v) is 9.00. The summed E-state index contributed by atoms with van der Waals surface area (Å²) in [4.78, 5) is 11.1. The number of hydrogen-bond acceptors (Lipinski definition) is 4. The monoisotopic (exact) mass is 364 g/mol. The van der Waals surface area contributed by atoms with Crippen LogP contribution in [0.2, 0.25) is 0 Å². The van der Waals surface area contributed by atoms with Gasteiger partial charge >= 0.3 is 5.97 Å². The van der Waals surface area contributed by atoms with Crippen LogP contribution in [0.3, 0.4) is 0 Å². The molecule has 0 aliphatic rings. The van der Waals surface area contributed by atoms with Gasteiger partial charge in [0.2, 0.25) is 0 Å². The van der Waals surface area contributed by atoms with E-state index in [0.29, 0.717) is 4.47 Å². The van der Waals surface area contributed by atoms with E-state index >= 15 is 0 Å². The molecule has 0 unspecified atom stereocenters. The van der Waals surface area contributed by atoms with Gasteiger partial charge in [0.25, 0.3) is 0 Å². The number of carbonyl (C=O) groups is 1. The van der Waals surface area contributed by atoms with Crippen molar-refractivity contribution in [2.75, 3.05) is 12.4 Å². The Morgan fingerprint density at radius 2 is 1.95 bits per heavy atom. The first-order chi connectivity index (χ1) is 9.04. The van der Waals surface area contributed by atoms with Crippen molar-refractivity contribution >= 4 is 31.7 Å². The fourth-order valence-electron chi connectivity index (χ4n) is 1.36. The molecule has 0 radical (unpaired) electrons. The van der Waals surface area contributed by atoms with E-state index in [9.17, 15) is 13.2 Å². The van der Waals surface area contributed by atoms with Crippen LogP contribution in [-0.2, 0) is 9.84 Å². The zero-order chi connectivity index (χ0) is 15.6. The highest BCUT2D eigenvalue weighted by Gasteiger charge is 2.28. The van der Waals surface area contributed by atoms with Crippen LogP contribution in [0.15, 0.2) is 22.7 Å². The topological polar surface area (TPSA) is 80.7 Å². The third kappa shape index (κ3) is 4.21. The minimum atomic E-state index is -3.29.